The SMILES string of the molecule is COc1ccccc1NC(=O)Cc1noc(COC(=O)c2ccc(F)cc2N)n1. The van der Waals surface area contributed by atoms with Crippen LogP contribution in [0.2, 0.25) is 0 Å². The number of para-hydroxylation sites is 2. The molecule has 150 valence electrons. The van der Waals surface area contributed by atoms with E-state index in [1.165, 1.54) is 13.2 Å². The summed E-state index contributed by atoms with van der Waals surface area (Å²) in [5.74, 6) is -1.08. The molecule has 9 nitrogen and oxygen atoms in total. The van der Waals surface area contributed by atoms with Crippen LogP contribution in [0, 0.1) is 5.82 Å². The van der Waals surface area contributed by atoms with Crippen molar-refractivity contribution >= 4 is 23.3 Å². The zero-order valence-corrected chi connectivity index (χ0v) is 15.3. The number of methoxy groups -OCH3 is 1. The van der Waals surface area contributed by atoms with Gasteiger partial charge in [0.1, 0.15) is 11.6 Å². The first-order valence-corrected chi connectivity index (χ1v) is 8.42. The van der Waals surface area contributed by atoms with Crippen molar-refractivity contribution in [2.75, 3.05) is 18.2 Å². The van der Waals surface area contributed by atoms with E-state index in [0.29, 0.717) is 11.4 Å². The number of hydrogen-bond acceptors (Lipinski definition) is 8. The number of nitrogens with zero attached hydrogens (tertiary/aromatic N) is 2. The van der Waals surface area contributed by atoms with E-state index >= 15 is 0 Å². The highest BCUT2D eigenvalue weighted by Gasteiger charge is 2.16. The summed E-state index contributed by atoms with van der Waals surface area (Å²) in [6.07, 6.45) is -0.152. The minimum absolute atomic E-state index is 0.000810. The third-order valence-electron chi connectivity index (χ3n) is 3.77. The zero-order valence-electron chi connectivity index (χ0n) is 15.3. The summed E-state index contributed by atoms with van der Waals surface area (Å²) in [6.45, 7) is -0.323. The Labute approximate surface area is 164 Å². The number of aromatic nitrogens is 2. The van der Waals surface area contributed by atoms with Gasteiger partial charge in [0.25, 0.3) is 5.89 Å². The average Bonchev–Trinajstić information content (AvgIpc) is 3.13. The Bertz CT molecular complexity index is 1040. The molecule has 0 saturated carbocycles. The average molecular weight is 400 g/mol. The van der Waals surface area contributed by atoms with Crippen molar-refractivity contribution in [2.45, 2.75) is 13.0 Å². The van der Waals surface area contributed by atoms with Crippen molar-refractivity contribution in [1.82, 2.24) is 10.1 Å². The summed E-state index contributed by atoms with van der Waals surface area (Å²) in [7, 11) is 1.50. The first kappa shape index (κ1) is 19.8. The molecule has 3 aromatic rings. The van der Waals surface area contributed by atoms with Crippen LogP contribution >= 0.6 is 0 Å². The van der Waals surface area contributed by atoms with Crippen molar-refractivity contribution in [3.63, 3.8) is 0 Å². The molecule has 0 bridgehead atoms. The van der Waals surface area contributed by atoms with Crippen LogP contribution in [0.15, 0.2) is 47.0 Å². The van der Waals surface area contributed by atoms with Crippen LogP contribution in [-0.2, 0) is 22.6 Å². The molecule has 1 amide bonds. The number of nitrogens with one attached hydrogen (secondary N) is 1. The lowest BCUT2D eigenvalue weighted by atomic mass is 10.2. The molecule has 0 fully saturated rings. The second-order valence-corrected chi connectivity index (χ2v) is 5.84. The van der Waals surface area contributed by atoms with Gasteiger partial charge in [-0.3, -0.25) is 4.79 Å². The van der Waals surface area contributed by atoms with Crippen LogP contribution in [0.3, 0.4) is 0 Å². The lowest BCUT2D eigenvalue weighted by Gasteiger charge is -2.08. The van der Waals surface area contributed by atoms with Gasteiger partial charge in [-0.1, -0.05) is 17.3 Å². The van der Waals surface area contributed by atoms with E-state index in [0.717, 1.165) is 12.1 Å². The van der Waals surface area contributed by atoms with Crippen LogP contribution < -0.4 is 15.8 Å². The van der Waals surface area contributed by atoms with Crippen molar-refractivity contribution in [3.05, 3.63) is 65.6 Å². The lowest BCUT2D eigenvalue weighted by molar-refractivity contribution is -0.115. The highest BCUT2D eigenvalue weighted by molar-refractivity contribution is 5.95. The number of ether oxygens (including phenoxy) is 2. The van der Waals surface area contributed by atoms with E-state index < -0.39 is 11.8 Å². The summed E-state index contributed by atoms with van der Waals surface area (Å²) in [6, 6.07) is 10.3. The minimum atomic E-state index is -0.767. The molecule has 0 saturated heterocycles. The monoisotopic (exact) mass is 400 g/mol. The van der Waals surface area contributed by atoms with Crippen LogP contribution in [0.5, 0.6) is 5.75 Å². The number of amides is 1. The van der Waals surface area contributed by atoms with Gasteiger partial charge in [-0.2, -0.15) is 4.98 Å². The Balaban J connectivity index is 1.55. The topological polar surface area (TPSA) is 130 Å². The van der Waals surface area contributed by atoms with Gasteiger partial charge in [0.05, 0.1) is 24.8 Å². The molecule has 1 heterocycles. The molecule has 29 heavy (non-hydrogen) atoms. The number of nitrogen functional groups attached to an aromatic ring is 1. The normalized spacial score (nSPS) is 10.4. The fourth-order valence-corrected chi connectivity index (χ4v) is 2.43. The first-order valence-electron chi connectivity index (χ1n) is 8.42. The highest BCUT2D eigenvalue weighted by atomic mass is 19.1. The van der Waals surface area contributed by atoms with E-state index in [-0.39, 0.29) is 41.9 Å². The number of benzene rings is 2. The van der Waals surface area contributed by atoms with Gasteiger partial charge in [-0.15, -0.1) is 0 Å². The summed E-state index contributed by atoms with van der Waals surface area (Å²) in [5.41, 5.74) is 6.07. The fourth-order valence-electron chi connectivity index (χ4n) is 2.43. The predicted molar refractivity (Wildman–Crippen MR) is 99.6 cm³/mol. The molecular formula is C19H17FN4O5. The molecule has 2 aromatic carbocycles. The number of carbonyl (C=O) groups excluding carboxylic acids is 2. The Kier molecular flexibility index (Phi) is 6.03. The maximum Gasteiger partial charge on any atom is 0.340 e. The van der Waals surface area contributed by atoms with E-state index in [1.54, 1.807) is 24.3 Å². The maximum absolute atomic E-state index is 13.0. The van der Waals surface area contributed by atoms with Gasteiger partial charge in [-0.25, -0.2) is 9.18 Å². The van der Waals surface area contributed by atoms with Gasteiger partial charge < -0.3 is 25.0 Å². The number of anilines is 2. The van der Waals surface area contributed by atoms with E-state index in [1.807, 2.05) is 0 Å². The van der Waals surface area contributed by atoms with Crippen molar-refractivity contribution in [1.29, 1.82) is 0 Å². The molecule has 0 atom stereocenters. The number of rotatable bonds is 7. The summed E-state index contributed by atoms with van der Waals surface area (Å²) in [5, 5.41) is 6.36. The molecular weight excluding hydrogens is 383 g/mol. The standard InChI is InChI=1S/C19H17FN4O5/c1-27-15-5-3-2-4-14(15)22-17(25)9-16-23-18(29-24-16)10-28-19(26)12-7-6-11(20)8-13(12)21/h2-8H,9-10,21H2,1H3,(H,22,25). The minimum Gasteiger partial charge on any atom is -0.495 e. The van der Waals surface area contributed by atoms with Crippen molar-refractivity contribution < 1.29 is 28.0 Å². The Morgan fingerprint density at radius 3 is 2.79 bits per heavy atom. The summed E-state index contributed by atoms with van der Waals surface area (Å²) in [4.78, 5) is 28.2. The predicted octanol–water partition coefficient (Wildman–Crippen LogP) is 2.34. The molecule has 3 N–H and O–H groups in total. The van der Waals surface area contributed by atoms with Gasteiger partial charge in [0, 0.05) is 5.69 Å². The quantitative estimate of drug-likeness (QED) is 0.457. The largest absolute Gasteiger partial charge is 0.495 e. The Hall–Kier alpha value is -3.95. The van der Waals surface area contributed by atoms with Crippen LogP contribution in [0.4, 0.5) is 15.8 Å². The fraction of sp³-hybridized carbons (Fsp3) is 0.158. The number of nitrogens with two attached hydrogens (primary N) is 1. The molecule has 0 spiro atoms. The summed E-state index contributed by atoms with van der Waals surface area (Å²) < 4.78 is 28.2. The van der Waals surface area contributed by atoms with E-state index in [2.05, 4.69) is 15.5 Å². The second-order valence-electron chi connectivity index (χ2n) is 5.84. The molecule has 0 aliphatic carbocycles. The van der Waals surface area contributed by atoms with E-state index in [9.17, 15) is 14.0 Å². The number of esters is 1. The van der Waals surface area contributed by atoms with Gasteiger partial charge >= 0.3 is 5.97 Å². The molecule has 3 rings (SSSR count). The molecule has 0 unspecified atom stereocenters. The van der Waals surface area contributed by atoms with Crippen LogP contribution in [0.25, 0.3) is 0 Å². The Morgan fingerprint density at radius 1 is 1.24 bits per heavy atom. The molecule has 1 aromatic heterocycles. The summed E-state index contributed by atoms with van der Waals surface area (Å²) >= 11 is 0. The highest BCUT2D eigenvalue weighted by Crippen LogP contribution is 2.23. The Morgan fingerprint density at radius 2 is 2.03 bits per heavy atom. The van der Waals surface area contributed by atoms with Gasteiger partial charge in [0.2, 0.25) is 5.91 Å². The third-order valence-corrected chi connectivity index (χ3v) is 3.77. The van der Waals surface area contributed by atoms with Crippen molar-refractivity contribution in [2.24, 2.45) is 0 Å². The first-order chi connectivity index (χ1) is 14.0. The van der Waals surface area contributed by atoms with Crippen LogP contribution in [0.1, 0.15) is 22.1 Å². The number of carbonyl (C=O) groups is 2. The van der Waals surface area contributed by atoms with E-state index in [4.69, 9.17) is 19.7 Å². The third kappa shape index (κ3) is 5.06. The second kappa shape index (κ2) is 8.83. The van der Waals surface area contributed by atoms with Gasteiger partial charge in [-0.05, 0) is 30.3 Å². The maximum atomic E-state index is 13.0. The number of hydrogen-bond donors (Lipinski definition) is 2. The molecule has 0 radical (unpaired) electrons. The zero-order chi connectivity index (χ0) is 20.8. The molecule has 0 aliphatic heterocycles. The number of halogens is 1. The molecule has 0 aliphatic rings. The van der Waals surface area contributed by atoms with Gasteiger partial charge in [0.15, 0.2) is 12.4 Å². The van der Waals surface area contributed by atoms with Crippen molar-refractivity contribution in [3.8, 4) is 5.75 Å². The van der Waals surface area contributed by atoms with Crippen LogP contribution in [-0.4, -0.2) is 29.1 Å². The molecule has 10 heteroatoms. The lowest BCUT2D eigenvalue weighted by Crippen LogP contribution is -2.15. The smallest absolute Gasteiger partial charge is 0.340 e.